The van der Waals surface area contributed by atoms with E-state index in [4.69, 9.17) is 4.74 Å². The molecule has 1 heterocycles. The van der Waals surface area contributed by atoms with Gasteiger partial charge in [-0.3, -0.25) is 0 Å². The highest BCUT2D eigenvalue weighted by Gasteiger charge is 2.46. The second kappa shape index (κ2) is 2.94. The highest BCUT2D eigenvalue weighted by atomic mass is 16.6. The SMILES string of the molecule is CC(=O)CCC1(C(C)C)CO1. The summed E-state index contributed by atoms with van der Waals surface area (Å²) in [6.07, 6.45) is 1.57. The Morgan fingerprint density at radius 1 is 1.64 bits per heavy atom. The Labute approximate surface area is 67.9 Å². The fraction of sp³-hybridized carbons (Fsp3) is 0.889. The molecule has 1 unspecified atom stereocenters. The first-order valence-corrected chi connectivity index (χ1v) is 4.20. The van der Waals surface area contributed by atoms with Crippen LogP contribution in [0.25, 0.3) is 0 Å². The van der Waals surface area contributed by atoms with Crippen molar-refractivity contribution in [1.29, 1.82) is 0 Å². The molecule has 0 aromatic rings. The van der Waals surface area contributed by atoms with Gasteiger partial charge in [0.15, 0.2) is 0 Å². The van der Waals surface area contributed by atoms with E-state index in [2.05, 4.69) is 13.8 Å². The zero-order valence-corrected chi connectivity index (χ0v) is 7.52. The number of carbonyl (C=O) groups is 1. The van der Waals surface area contributed by atoms with E-state index in [-0.39, 0.29) is 11.4 Å². The zero-order chi connectivity index (χ0) is 8.48. The summed E-state index contributed by atoms with van der Waals surface area (Å²) in [4.78, 5) is 10.7. The molecule has 0 aromatic carbocycles. The van der Waals surface area contributed by atoms with Crippen LogP contribution in [-0.2, 0) is 9.53 Å². The first-order valence-electron chi connectivity index (χ1n) is 4.20. The van der Waals surface area contributed by atoms with Gasteiger partial charge < -0.3 is 9.53 Å². The maximum Gasteiger partial charge on any atom is 0.129 e. The van der Waals surface area contributed by atoms with Crippen LogP contribution >= 0.6 is 0 Å². The Kier molecular flexibility index (Phi) is 2.33. The van der Waals surface area contributed by atoms with E-state index in [9.17, 15) is 4.79 Å². The topological polar surface area (TPSA) is 29.6 Å². The fourth-order valence-corrected chi connectivity index (χ4v) is 1.25. The van der Waals surface area contributed by atoms with E-state index in [1.165, 1.54) is 0 Å². The summed E-state index contributed by atoms with van der Waals surface area (Å²) in [7, 11) is 0. The molecule has 0 spiro atoms. The molecule has 11 heavy (non-hydrogen) atoms. The third-order valence-electron chi connectivity index (χ3n) is 2.47. The normalized spacial score (nSPS) is 29.1. The Morgan fingerprint density at radius 3 is 2.45 bits per heavy atom. The van der Waals surface area contributed by atoms with Crippen LogP contribution in [0.1, 0.15) is 33.6 Å². The molecule has 1 atom stereocenters. The van der Waals surface area contributed by atoms with Crippen molar-refractivity contribution in [2.24, 2.45) is 5.92 Å². The van der Waals surface area contributed by atoms with E-state index >= 15 is 0 Å². The van der Waals surface area contributed by atoms with Crippen LogP contribution in [-0.4, -0.2) is 18.0 Å². The van der Waals surface area contributed by atoms with Crippen LogP contribution < -0.4 is 0 Å². The Morgan fingerprint density at radius 2 is 2.18 bits per heavy atom. The van der Waals surface area contributed by atoms with Gasteiger partial charge in [0.1, 0.15) is 5.78 Å². The van der Waals surface area contributed by atoms with Crippen molar-refractivity contribution in [3.63, 3.8) is 0 Å². The fourth-order valence-electron chi connectivity index (χ4n) is 1.25. The number of rotatable bonds is 4. The summed E-state index contributed by atoms with van der Waals surface area (Å²) in [5.74, 6) is 0.808. The van der Waals surface area contributed by atoms with E-state index in [0.29, 0.717) is 12.3 Å². The largest absolute Gasteiger partial charge is 0.369 e. The molecule has 0 amide bonds. The second-order valence-corrected chi connectivity index (χ2v) is 3.71. The van der Waals surface area contributed by atoms with E-state index in [1.807, 2.05) is 0 Å². The van der Waals surface area contributed by atoms with Gasteiger partial charge in [0.05, 0.1) is 12.2 Å². The van der Waals surface area contributed by atoms with E-state index in [1.54, 1.807) is 6.92 Å². The molecule has 1 rings (SSSR count). The summed E-state index contributed by atoms with van der Waals surface area (Å²) in [5, 5.41) is 0. The molecule has 0 N–H and O–H groups in total. The molecule has 1 saturated heterocycles. The molecule has 0 saturated carbocycles. The summed E-state index contributed by atoms with van der Waals surface area (Å²) >= 11 is 0. The standard InChI is InChI=1S/C9H16O2/c1-7(2)9(6-11-9)5-4-8(3)10/h7H,4-6H2,1-3H3. The molecule has 1 fully saturated rings. The minimum absolute atomic E-state index is 0.0612. The van der Waals surface area contributed by atoms with Crippen LogP contribution in [0.5, 0.6) is 0 Å². The van der Waals surface area contributed by atoms with Gasteiger partial charge in [0.2, 0.25) is 0 Å². The molecule has 2 nitrogen and oxygen atoms in total. The average Bonchev–Trinajstić information content (AvgIpc) is 2.63. The second-order valence-electron chi connectivity index (χ2n) is 3.71. The van der Waals surface area contributed by atoms with Crippen LogP contribution in [0.3, 0.4) is 0 Å². The number of Topliss-reactive ketones (excluding diaryl/α,β-unsaturated/α-hetero) is 1. The highest BCUT2D eigenvalue weighted by molar-refractivity contribution is 5.75. The summed E-state index contributed by atoms with van der Waals surface area (Å²) in [5.41, 5.74) is 0.0612. The first kappa shape index (κ1) is 8.72. The zero-order valence-electron chi connectivity index (χ0n) is 7.52. The van der Waals surface area contributed by atoms with Gasteiger partial charge in [-0.15, -0.1) is 0 Å². The number of hydrogen-bond acceptors (Lipinski definition) is 2. The molecule has 64 valence electrons. The van der Waals surface area contributed by atoms with Gasteiger partial charge in [-0.25, -0.2) is 0 Å². The van der Waals surface area contributed by atoms with E-state index < -0.39 is 0 Å². The quantitative estimate of drug-likeness (QED) is 0.581. The van der Waals surface area contributed by atoms with Crippen LogP contribution in [0.15, 0.2) is 0 Å². The van der Waals surface area contributed by atoms with Crippen molar-refractivity contribution in [3.05, 3.63) is 0 Å². The predicted molar refractivity (Wildman–Crippen MR) is 43.4 cm³/mol. The molecule has 0 bridgehead atoms. The van der Waals surface area contributed by atoms with E-state index in [0.717, 1.165) is 13.0 Å². The lowest BCUT2D eigenvalue weighted by molar-refractivity contribution is -0.117. The summed E-state index contributed by atoms with van der Waals surface area (Å²) in [6, 6.07) is 0. The van der Waals surface area contributed by atoms with Gasteiger partial charge in [0.25, 0.3) is 0 Å². The molecular weight excluding hydrogens is 140 g/mol. The number of hydrogen-bond donors (Lipinski definition) is 0. The smallest absolute Gasteiger partial charge is 0.129 e. The predicted octanol–water partition coefficient (Wildman–Crippen LogP) is 1.78. The number of ketones is 1. The maximum absolute atomic E-state index is 10.7. The van der Waals surface area contributed by atoms with Crippen molar-refractivity contribution >= 4 is 5.78 Å². The van der Waals surface area contributed by atoms with Crippen molar-refractivity contribution in [2.75, 3.05) is 6.61 Å². The third kappa shape index (κ3) is 2.03. The lowest BCUT2D eigenvalue weighted by atomic mass is 9.91. The molecule has 0 aliphatic carbocycles. The Balaban J connectivity index is 2.30. The first-order chi connectivity index (χ1) is 5.07. The number of epoxide rings is 1. The van der Waals surface area contributed by atoms with Gasteiger partial charge in [-0.1, -0.05) is 13.8 Å². The minimum atomic E-state index is 0.0612. The molecular formula is C9H16O2. The van der Waals surface area contributed by atoms with Crippen LogP contribution in [0, 0.1) is 5.92 Å². The lowest BCUT2D eigenvalue weighted by Gasteiger charge is -2.14. The van der Waals surface area contributed by atoms with Gasteiger partial charge in [-0.2, -0.15) is 0 Å². The summed E-state index contributed by atoms with van der Waals surface area (Å²) < 4.78 is 5.36. The van der Waals surface area contributed by atoms with Crippen molar-refractivity contribution < 1.29 is 9.53 Å². The minimum Gasteiger partial charge on any atom is -0.369 e. The van der Waals surface area contributed by atoms with Gasteiger partial charge in [-0.05, 0) is 19.3 Å². The average molecular weight is 156 g/mol. The molecule has 2 heteroatoms. The monoisotopic (exact) mass is 156 g/mol. The van der Waals surface area contributed by atoms with Crippen LogP contribution in [0.2, 0.25) is 0 Å². The molecule has 1 aliphatic rings. The third-order valence-corrected chi connectivity index (χ3v) is 2.47. The Hall–Kier alpha value is -0.370. The highest BCUT2D eigenvalue weighted by Crippen LogP contribution is 2.39. The number of carbonyl (C=O) groups excluding carboxylic acids is 1. The van der Waals surface area contributed by atoms with Gasteiger partial charge in [0, 0.05) is 6.42 Å². The molecule has 0 aromatic heterocycles. The number of ether oxygens (including phenoxy) is 1. The maximum atomic E-state index is 10.7. The van der Waals surface area contributed by atoms with Crippen molar-refractivity contribution in [1.82, 2.24) is 0 Å². The lowest BCUT2D eigenvalue weighted by Crippen LogP contribution is -2.20. The van der Waals surface area contributed by atoms with Gasteiger partial charge >= 0.3 is 0 Å². The summed E-state index contributed by atoms with van der Waals surface area (Å²) in [6.45, 7) is 6.77. The van der Waals surface area contributed by atoms with Crippen molar-refractivity contribution in [2.45, 2.75) is 39.2 Å². The molecule has 1 aliphatic heterocycles. The molecule has 0 radical (unpaired) electrons. The Bertz CT molecular complexity index is 157. The van der Waals surface area contributed by atoms with Crippen LogP contribution in [0.4, 0.5) is 0 Å². The van der Waals surface area contributed by atoms with Crippen molar-refractivity contribution in [3.8, 4) is 0 Å².